The molecule has 1 aliphatic heterocycles. The van der Waals surface area contributed by atoms with Crippen molar-refractivity contribution in [1.29, 1.82) is 0 Å². The molecule has 1 unspecified atom stereocenters. The van der Waals surface area contributed by atoms with Crippen molar-refractivity contribution in [3.8, 4) is 11.4 Å². The van der Waals surface area contributed by atoms with Gasteiger partial charge in [0.05, 0.1) is 5.56 Å². The second-order valence-electron chi connectivity index (χ2n) is 6.92. The zero-order valence-electron chi connectivity index (χ0n) is 15.8. The van der Waals surface area contributed by atoms with Crippen molar-refractivity contribution in [1.82, 2.24) is 15.0 Å². The smallest absolute Gasteiger partial charge is 0.254 e. The van der Waals surface area contributed by atoms with E-state index in [1.165, 1.54) is 0 Å². The molecule has 7 heteroatoms. The Morgan fingerprint density at radius 1 is 1.36 bits per heavy atom. The molecule has 1 aromatic carbocycles. The van der Waals surface area contributed by atoms with Gasteiger partial charge in [0.2, 0.25) is 11.7 Å². The molecule has 0 saturated carbocycles. The van der Waals surface area contributed by atoms with Gasteiger partial charge < -0.3 is 9.42 Å². The maximum atomic E-state index is 13.1. The van der Waals surface area contributed by atoms with Crippen LogP contribution in [0.4, 0.5) is 0 Å². The monoisotopic (exact) mass is 413 g/mol. The lowest BCUT2D eigenvalue weighted by molar-refractivity contribution is 0.0664. The number of aromatic nitrogens is 2. The molecule has 1 atom stereocenters. The molecule has 1 saturated heterocycles. The third-order valence-corrected chi connectivity index (χ3v) is 6.57. The number of hydrogen-bond acceptors (Lipinski definition) is 6. The van der Waals surface area contributed by atoms with Gasteiger partial charge in [0.1, 0.15) is 0 Å². The first-order valence-electron chi connectivity index (χ1n) is 9.61. The molecular weight excluding hydrogens is 390 g/mol. The van der Waals surface area contributed by atoms with Gasteiger partial charge in [-0.25, -0.2) is 0 Å². The van der Waals surface area contributed by atoms with Crippen LogP contribution in [0, 0.1) is 5.92 Å². The lowest BCUT2D eigenvalue weighted by Crippen LogP contribution is -2.40. The van der Waals surface area contributed by atoms with Crippen LogP contribution in [0.5, 0.6) is 0 Å². The number of carbonyl (C=O) groups is 1. The van der Waals surface area contributed by atoms with Gasteiger partial charge in [0.25, 0.3) is 5.91 Å². The van der Waals surface area contributed by atoms with E-state index < -0.39 is 0 Å². The maximum absolute atomic E-state index is 13.1. The second-order valence-corrected chi connectivity index (χ2v) is 9.00. The minimum atomic E-state index is 0.130. The number of hydrogen-bond donors (Lipinski definition) is 0. The zero-order valence-corrected chi connectivity index (χ0v) is 17.5. The molecule has 0 spiro atoms. The molecule has 3 heterocycles. The Hall–Kier alpha value is -2.12. The molecular formula is C21H23N3O2S2. The highest BCUT2D eigenvalue weighted by Crippen LogP contribution is 2.27. The summed E-state index contributed by atoms with van der Waals surface area (Å²) in [7, 11) is 0. The van der Waals surface area contributed by atoms with Crippen molar-refractivity contribution < 1.29 is 9.32 Å². The number of thioether (sulfide) groups is 1. The highest BCUT2D eigenvalue weighted by Gasteiger charge is 2.27. The van der Waals surface area contributed by atoms with Gasteiger partial charge in [-0.05, 0) is 48.1 Å². The van der Waals surface area contributed by atoms with E-state index >= 15 is 0 Å². The largest absolute Gasteiger partial charge is 0.339 e. The summed E-state index contributed by atoms with van der Waals surface area (Å²) in [6.45, 7) is 3.65. The summed E-state index contributed by atoms with van der Waals surface area (Å²) >= 11 is 3.34. The Kier molecular flexibility index (Phi) is 6.12. The Balaban J connectivity index is 1.43. The van der Waals surface area contributed by atoms with Crippen molar-refractivity contribution >= 4 is 29.0 Å². The predicted molar refractivity (Wildman–Crippen MR) is 113 cm³/mol. The fourth-order valence-corrected chi connectivity index (χ4v) is 5.04. The maximum Gasteiger partial charge on any atom is 0.254 e. The molecule has 0 aliphatic carbocycles. The fraction of sp³-hybridized carbons (Fsp3) is 0.381. The molecule has 5 nitrogen and oxygen atoms in total. The molecule has 4 rings (SSSR count). The predicted octanol–water partition coefficient (Wildman–Crippen LogP) is 5.01. The summed E-state index contributed by atoms with van der Waals surface area (Å²) in [5, 5.41) is 8.12. The Bertz CT molecular complexity index is 923. The van der Waals surface area contributed by atoms with E-state index in [0.717, 1.165) is 47.7 Å². The number of likely N-dealkylation sites (tertiary alicyclic amines) is 1. The molecule has 0 radical (unpaired) electrons. The number of thiophene rings is 1. The van der Waals surface area contributed by atoms with Crippen LogP contribution < -0.4 is 0 Å². The zero-order chi connectivity index (χ0) is 19.3. The molecule has 1 amide bonds. The van der Waals surface area contributed by atoms with E-state index in [0.29, 0.717) is 24.1 Å². The highest BCUT2D eigenvalue weighted by molar-refractivity contribution is 7.99. The summed E-state index contributed by atoms with van der Waals surface area (Å²) < 4.78 is 5.46. The average molecular weight is 414 g/mol. The van der Waals surface area contributed by atoms with E-state index in [4.69, 9.17) is 4.52 Å². The van der Waals surface area contributed by atoms with E-state index in [-0.39, 0.29) is 5.91 Å². The lowest BCUT2D eigenvalue weighted by Gasteiger charge is -2.32. The topological polar surface area (TPSA) is 59.2 Å². The van der Waals surface area contributed by atoms with E-state index in [1.54, 1.807) is 23.1 Å². The van der Waals surface area contributed by atoms with Crippen molar-refractivity contribution in [3.63, 3.8) is 0 Å². The van der Waals surface area contributed by atoms with Crippen LogP contribution in [0.25, 0.3) is 11.4 Å². The first kappa shape index (κ1) is 19.2. The van der Waals surface area contributed by atoms with Gasteiger partial charge in [0.15, 0.2) is 0 Å². The van der Waals surface area contributed by atoms with Gasteiger partial charge >= 0.3 is 0 Å². The summed E-state index contributed by atoms with van der Waals surface area (Å²) in [5.41, 5.74) is 1.80. The van der Waals surface area contributed by atoms with Crippen LogP contribution in [0.1, 0.15) is 36.0 Å². The van der Waals surface area contributed by atoms with Gasteiger partial charge in [0, 0.05) is 35.3 Å². The van der Waals surface area contributed by atoms with Crippen LogP contribution in [-0.4, -0.2) is 39.8 Å². The Morgan fingerprint density at radius 2 is 2.25 bits per heavy atom. The molecule has 0 bridgehead atoms. The molecule has 28 heavy (non-hydrogen) atoms. The summed E-state index contributed by atoms with van der Waals surface area (Å²) in [6, 6.07) is 9.90. The minimum absolute atomic E-state index is 0.130. The third-order valence-electron chi connectivity index (χ3n) is 4.93. The standard InChI is InChI=1S/C21H23N3O2S2/c1-2-28-18-8-4-3-7-17(18)21(25)24-10-5-6-15(13-24)12-19-22-20(23-26-19)16-9-11-27-14-16/h3-4,7-9,11,14-15H,2,5-6,10,12-13H2,1H3. The quantitative estimate of drug-likeness (QED) is 0.532. The van der Waals surface area contributed by atoms with E-state index in [1.807, 2.05) is 46.0 Å². The third kappa shape index (κ3) is 4.31. The number of nitrogens with zero attached hydrogens (tertiary/aromatic N) is 3. The lowest BCUT2D eigenvalue weighted by atomic mass is 9.94. The van der Waals surface area contributed by atoms with Gasteiger partial charge in [-0.15, -0.1) is 11.8 Å². The van der Waals surface area contributed by atoms with Crippen LogP contribution in [0.15, 0.2) is 50.5 Å². The van der Waals surface area contributed by atoms with Crippen LogP contribution in [-0.2, 0) is 6.42 Å². The first-order valence-corrected chi connectivity index (χ1v) is 11.5. The Morgan fingerprint density at radius 3 is 3.07 bits per heavy atom. The first-order chi connectivity index (χ1) is 13.7. The van der Waals surface area contributed by atoms with Crippen LogP contribution in [0.3, 0.4) is 0 Å². The van der Waals surface area contributed by atoms with Crippen LogP contribution in [0.2, 0.25) is 0 Å². The number of rotatable bonds is 6. The summed E-state index contributed by atoms with van der Waals surface area (Å²) in [4.78, 5) is 20.7. The van der Waals surface area contributed by atoms with Crippen molar-refractivity contribution in [2.24, 2.45) is 5.92 Å². The average Bonchev–Trinajstić information content (AvgIpc) is 3.40. The number of amides is 1. The fourth-order valence-electron chi connectivity index (χ4n) is 3.60. The molecule has 1 aliphatic rings. The van der Waals surface area contributed by atoms with Crippen molar-refractivity contribution in [2.45, 2.75) is 31.1 Å². The molecule has 2 aromatic heterocycles. The van der Waals surface area contributed by atoms with Gasteiger partial charge in [-0.1, -0.05) is 24.2 Å². The SMILES string of the molecule is CCSc1ccccc1C(=O)N1CCCC(Cc2nc(-c3ccsc3)no2)C1. The minimum Gasteiger partial charge on any atom is -0.339 e. The summed E-state index contributed by atoms with van der Waals surface area (Å²) in [6.07, 6.45) is 2.79. The summed E-state index contributed by atoms with van der Waals surface area (Å²) in [5.74, 6) is 2.73. The number of carbonyl (C=O) groups excluding carboxylic acids is 1. The normalized spacial score (nSPS) is 17.0. The van der Waals surface area contributed by atoms with E-state index in [9.17, 15) is 4.79 Å². The van der Waals surface area contributed by atoms with Crippen molar-refractivity contribution in [3.05, 3.63) is 52.5 Å². The number of benzene rings is 1. The highest BCUT2D eigenvalue weighted by atomic mass is 32.2. The number of piperidine rings is 1. The molecule has 1 fully saturated rings. The van der Waals surface area contributed by atoms with Gasteiger partial charge in [-0.3, -0.25) is 4.79 Å². The molecule has 3 aromatic rings. The van der Waals surface area contributed by atoms with Gasteiger partial charge in [-0.2, -0.15) is 16.3 Å². The second kappa shape index (κ2) is 8.92. The van der Waals surface area contributed by atoms with Crippen molar-refractivity contribution in [2.75, 3.05) is 18.8 Å². The van der Waals surface area contributed by atoms with E-state index in [2.05, 4.69) is 17.1 Å². The van der Waals surface area contributed by atoms with Crippen LogP contribution >= 0.6 is 23.1 Å². The molecule has 146 valence electrons. The Labute approximate surface area is 173 Å². The molecule has 0 N–H and O–H groups in total.